The highest BCUT2D eigenvalue weighted by Gasteiger charge is 1.97. The van der Waals surface area contributed by atoms with E-state index in [0.717, 1.165) is 5.02 Å². The molecule has 0 atom stereocenters. The minimum atomic E-state index is -0.500. The van der Waals surface area contributed by atoms with Gasteiger partial charge in [-0.05, 0) is 32.9 Å². The second-order valence-electron chi connectivity index (χ2n) is 3.47. The third-order valence-electron chi connectivity index (χ3n) is 0.733. The third-order valence-corrected chi connectivity index (χ3v) is 0.985. The van der Waals surface area contributed by atoms with Crippen LogP contribution in [0.3, 0.4) is 0 Å². The van der Waals surface area contributed by atoms with E-state index < -0.39 is 5.60 Å². The lowest BCUT2D eigenvalue weighted by molar-refractivity contribution is 0.102. The Balaban J connectivity index is 0.000000217. The Hall–Kier alpha value is -0.530. The molecule has 0 unspecified atom stereocenters. The lowest BCUT2D eigenvalue weighted by atomic mass is 10.2. The standard InChI is InChI=1S/C6H5Cl.C4H10O/c7-6-4-2-1-3-5-6;1-4(2,3)5/h1-5H;5H,1-3H3. The van der Waals surface area contributed by atoms with Crippen molar-refractivity contribution >= 4 is 11.6 Å². The van der Waals surface area contributed by atoms with Gasteiger partial charge in [0.2, 0.25) is 0 Å². The summed E-state index contributed by atoms with van der Waals surface area (Å²) in [5.41, 5.74) is -0.500. The summed E-state index contributed by atoms with van der Waals surface area (Å²) < 4.78 is 0. The molecule has 1 nitrogen and oxygen atoms in total. The van der Waals surface area contributed by atoms with E-state index in [2.05, 4.69) is 0 Å². The molecule has 1 N–H and O–H groups in total. The number of halogens is 1. The van der Waals surface area contributed by atoms with E-state index in [1.165, 1.54) is 0 Å². The zero-order valence-electron chi connectivity index (χ0n) is 7.71. The van der Waals surface area contributed by atoms with E-state index in [-0.39, 0.29) is 0 Å². The molecule has 12 heavy (non-hydrogen) atoms. The Kier molecular flexibility index (Phi) is 4.95. The van der Waals surface area contributed by atoms with Crippen molar-refractivity contribution in [3.63, 3.8) is 0 Å². The largest absolute Gasteiger partial charge is 0.391 e. The summed E-state index contributed by atoms with van der Waals surface area (Å²) in [5, 5.41) is 9.31. The average molecular weight is 187 g/mol. The Morgan fingerprint density at radius 1 is 1.08 bits per heavy atom. The van der Waals surface area contributed by atoms with Gasteiger partial charge in [0, 0.05) is 5.02 Å². The fourth-order valence-corrected chi connectivity index (χ4v) is 0.560. The minimum Gasteiger partial charge on any atom is -0.391 e. The van der Waals surface area contributed by atoms with E-state index in [1.807, 2.05) is 30.3 Å². The molecule has 0 saturated carbocycles. The molecule has 0 bridgehead atoms. The van der Waals surface area contributed by atoms with Crippen LogP contribution < -0.4 is 0 Å². The van der Waals surface area contributed by atoms with Crippen LogP contribution in [0.1, 0.15) is 20.8 Å². The van der Waals surface area contributed by atoms with Gasteiger partial charge in [-0.3, -0.25) is 0 Å². The number of aliphatic hydroxyl groups is 1. The number of hydrogen-bond donors (Lipinski definition) is 1. The zero-order valence-corrected chi connectivity index (χ0v) is 8.47. The highest BCUT2D eigenvalue weighted by molar-refractivity contribution is 6.30. The maximum absolute atomic E-state index is 8.52. The third kappa shape index (κ3) is 12.2. The Labute approximate surface area is 79.0 Å². The number of rotatable bonds is 0. The van der Waals surface area contributed by atoms with Crippen LogP contribution in [0.4, 0.5) is 0 Å². The predicted octanol–water partition coefficient (Wildman–Crippen LogP) is 3.12. The summed E-state index contributed by atoms with van der Waals surface area (Å²) in [6.45, 7) is 5.23. The van der Waals surface area contributed by atoms with Gasteiger partial charge in [-0.25, -0.2) is 0 Å². The number of benzene rings is 1. The first-order chi connectivity index (χ1) is 5.39. The molecule has 2 heteroatoms. The van der Waals surface area contributed by atoms with Crippen molar-refractivity contribution in [3.8, 4) is 0 Å². The van der Waals surface area contributed by atoms with E-state index in [9.17, 15) is 0 Å². The second-order valence-corrected chi connectivity index (χ2v) is 3.90. The summed E-state index contributed by atoms with van der Waals surface area (Å²) in [5.74, 6) is 0. The molecule has 0 aliphatic rings. The van der Waals surface area contributed by atoms with Crippen LogP contribution in [0.25, 0.3) is 0 Å². The van der Waals surface area contributed by atoms with E-state index in [4.69, 9.17) is 16.7 Å². The fourth-order valence-electron chi connectivity index (χ4n) is 0.415. The Bertz CT molecular complexity index is 195. The van der Waals surface area contributed by atoms with Crippen molar-refractivity contribution in [1.82, 2.24) is 0 Å². The predicted molar refractivity (Wildman–Crippen MR) is 53.4 cm³/mol. The molecule has 0 radical (unpaired) electrons. The van der Waals surface area contributed by atoms with Crippen LogP contribution in [-0.4, -0.2) is 10.7 Å². The first kappa shape index (κ1) is 11.5. The van der Waals surface area contributed by atoms with Gasteiger partial charge in [0.05, 0.1) is 5.60 Å². The monoisotopic (exact) mass is 186 g/mol. The smallest absolute Gasteiger partial charge is 0.0563 e. The van der Waals surface area contributed by atoms with Crippen LogP contribution in [0, 0.1) is 0 Å². The molecule has 0 amide bonds. The van der Waals surface area contributed by atoms with Crippen LogP contribution >= 0.6 is 11.6 Å². The number of hydrogen-bond acceptors (Lipinski definition) is 1. The van der Waals surface area contributed by atoms with Gasteiger partial charge in [-0.15, -0.1) is 0 Å². The summed E-state index contributed by atoms with van der Waals surface area (Å²) in [7, 11) is 0. The normalized spacial score (nSPS) is 10.1. The van der Waals surface area contributed by atoms with Crippen molar-refractivity contribution in [2.24, 2.45) is 0 Å². The first-order valence-corrected chi connectivity index (χ1v) is 4.20. The van der Waals surface area contributed by atoms with Crippen molar-refractivity contribution in [3.05, 3.63) is 35.4 Å². The molecule has 68 valence electrons. The Morgan fingerprint density at radius 2 is 1.42 bits per heavy atom. The summed E-state index contributed by atoms with van der Waals surface area (Å²) in [4.78, 5) is 0. The zero-order chi connectivity index (χ0) is 9.61. The lowest BCUT2D eigenvalue weighted by Gasteiger charge is -2.04. The maximum Gasteiger partial charge on any atom is 0.0563 e. The molecule has 1 aromatic carbocycles. The molecule has 1 rings (SSSR count). The second kappa shape index (κ2) is 5.18. The van der Waals surface area contributed by atoms with Crippen LogP contribution in [0.15, 0.2) is 30.3 Å². The lowest BCUT2D eigenvalue weighted by Crippen LogP contribution is -2.10. The van der Waals surface area contributed by atoms with Crippen LogP contribution in [0.5, 0.6) is 0 Å². The molecule has 0 aliphatic carbocycles. The molecule has 1 aromatic rings. The molecule has 0 saturated heterocycles. The molecule has 0 fully saturated rings. The van der Waals surface area contributed by atoms with Gasteiger partial charge in [-0.1, -0.05) is 29.8 Å². The summed E-state index contributed by atoms with van der Waals surface area (Å²) in [6, 6.07) is 9.44. The molecule has 0 spiro atoms. The van der Waals surface area contributed by atoms with E-state index in [1.54, 1.807) is 20.8 Å². The van der Waals surface area contributed by atoms with Crippen LogP contribution in [0.2, 0.25) is 5.02 Å². The summed E-state index contributed by atoms with van der Waals surface area (Å²) >= 11 is 5.54. The van der Waals surface area contributed by atoms with Gasteiger partial charge in [0.25, 0.3) is 0 Å². The molecule has 0 aliphatic heterocycles. The fraction of sp³-hybridized carbons (Fsp3) is 0.400. The van der Waals surface area contributed by atoms with Gasteiger partial charge < -0.3 is 5.11 Å². The van der Waals surface area contributed by atoms with Crippen LogP contribution in [-0.2, 0) is 0 Å². The first-order valence-electron chi connectivity index (χ1n) is 3.82. The van der Waals surface area contributed by atoms with Crippen molar-refractivity contribution in [2.75, 3.05) is 0 Å². The van der Waals surface area contributed by atoms with Crippen molar-refractivity contribution in [2.45, 2.75) is 26.4 Å². The van der Waals surface area contributed by atoms with Crippen molar-refractivity contribution < 1.29 is 5.11 Å². The minimum absolute atomic E-state index is 0.500. The Morgan fingerprint density at radius 3 is 1.58 bits per heavy atom. The molecular weight excluding hydrogens is 172 g/mol. The summed E-state index contributed by atoms with van der Waals surface area (Å²) in [6.07, 6.45) is 0. The quantitative estimate of drug-likeness (QED) is 0.660. The van der Waals surface area contributed by atoms with E-state index >= 15 is 0 Å². The topological polar surface area (TPSA) is 20.2 Å². The molecular formula is C10H15ClO. The van der Waals surface area contributed by atoms with Crippen molar-refractivity contribution in [1.29, 1.82) is 0 Å². The van der Waals surface area contributed by atoms with Gasteiger partial charge >= 0.3 is 0 Å². The SMILES string of the molecule is CC(C)(C)O.Clc1ccccc1. The van der Waals surface area contributed by atoms with Gasteiger partial charge in [0.1, 0.15) is 0 Å². The maximum atomic E-state index is 8.52. The highest BCUT2D eigenvalue weighted by atomic mass is 35.5. The highest BCUT2D eigenvalue weighted by Crippen LogP contribution is 2.03. The van der Waals surface area contributed by atoms with Gasteiger partial charge in [-0.2, -0.15) is 0 Å². The average Bonchev–Trinajstić information content (AvgIpc) is 1.85. The van der Waals surface area contributed by atoms with Gasteiger partial charge in [0.15, 0.2) is 0 Å². The van der Waals surface area contributed by atoms with E-state index in [0.29, 0.717) is 0 Å². The molecule has 0 heterocycles. The molecule has 0 aromatic heterocycles.